The fraction of sp³-hybridized carbons (Fsp3) is 0.500. The Morgan fingerprint density at radius 2 is 1.87 bits per heavy atom. The third-order valence-corrected chi connectivity index (χ3v) is 6.56. The van der Waals surface area contributed by atoms with Gasteiger partial charge in [-0.25, -0.2) is 0 Å². The molecule has 2 heterocycles. The quantitative estimate of drug-likeness (QED) is 0.719. The van der Waals surface area contributed by atoms with Crippen LogP contribution >= 0.6 is 0 Å². The van der Waals surface area contributed by atoms with E-state index >= 15 is 0 Å². The molecule has 1 N–H and O–H groups in total. The summed E-state index contributed by atoms with van der Waals surface area (Å²) in [5, 5.41) is 3.21. The van der Waals surface area contributed by atoms with Crippen molar-refractivity contribution in [2.75, 3.05) is 44.7 Å². The normalized spacial score (nSPS) is 17.7. The van der Waals surface area contributed by atoms with Crippen LogP contribution in [-0.4, -0.2) is 50.6 Å². The number of anilines is 1. The summed E-state index contributed by atoms with van der Waals surface area (Å²) in [7, 11) is 2.18. The van der Waals surface area contributed by atoms with Gasteiger partial charge >= 0.3 is 0 Å². The van der Waals surface area contributed by atoms with Crippen LogP contribution in [0.1, 0.15) is 60.1 Å². The van der Waals surface area contributed by atoms with Crippen LogP contribution in [0.3, 0.4) is 0 Å². The van der Waals surface area contributed by atoms with Gasteiger partial charge < -0.3 is 15.0 Å². The van der Waals surface area contributed by atoms with Crippen LogP contribution < -0.4 is 15.0 Å². The second-order valence-corrected chi connectivity index (χ2v) is 8.66. The molecule has 2 aromatic rings. The predicted molar refractivity (Wildman–Crippen MR) is 126 cm³/mol. The van der Waals surface area contributed by atoms with E-state index in [4.69, 9.17) is 4.74 Å². The maximum absolute atomic E-state index is 13.0. The number of para-hydroxylation sites is 1. The van der Waals surface area contributed by atoms with E-state index in [1.807, 2.05) is 31.2 Å². The first-order valence-corrected chi connectivity index (χ1v) is 11.8. The van der Waals surface area contributed by atoms with Crippen LogP contribution in [-0.2, 0) is 6.42 Å². The third-order valence-electron chi connectivity index (χ3n) is 6.56. The molecule has 0 radical (unpaired) electrons. The molecule has 4 rings (SSSR count). The molecule has 0 aliphatic carbocycles. The number of nitrogens with zero attached hydrogens (tertiary/aromatic N) is 2. The molecule has 1 amide bonds. The number of hydrogen-bond acceptors (Lipinski definition) is 4. The number of nitrogens with one attached hydrogen (secondary N) is 1. The summed E-state index contributed by atoms with van der Waals surface area (Å²) in [5.41, 5.74) is 4.70. The van der Waals surface area contributed by atoms with Gasteiger partial charge in [-0.1, -0.05) is 30.7 Å². The number of aryl methyl sites for hydroxylation is 1. The molecule has 0 aromatic heterocycles. The lowest BCUT2D eigenvalue weighted by Crippen LogP contribution is -2.40. The molecule has 0 unspecified atom stereocenters. The fourth-order valence-corrected chi connectivity index (χ4v) is 4.92. The van der Waals surface area contributed by atoms with Crippen molar-refractivity contribution >= 4 is 11.6 Å². The number of hydrogen-bond donors (Lipinski definition) is 1. The first-order chi connectivity index (χ1) is 15.2. The van der Waals surface area contributed by atoms with E-state index in [-0.39, 0.29) is 11.9 Å². The molecule has 1 fully saturated rings. The molecule has 2 aliphatic rings. The predicted octanol–water partition coefficient (Wildman–Crippen LogP) is 4.42. The van der Waals surface area contributed by atoms with Crippen molar-refractivity contribution in [1.29, 1.82) is 0 Å². The molecule has 1 atom stereocenters. The Labute approximate surface area is 186 Å². The Balaban J connectivity index is 1.54. The molecule has 5 nitrogen and oxygen atoms in total. The number of amides is 1. The Morgan fingerprint density at radius 3 is 2.68 bits per heavy atom. The first kappa shape index (κ1) is 21.7. The Morgan fingerprint density at radius 1 is 1.06 bits per heavy atom. The van der Waals surface area contributed by atoms with Crippen molar-refractivity contribution in [3.63, 3.8) is 0 Å². The first-order valence-electron chi connectivity index (χ1n) is 11.8. The van der Waals surface area contributed by atoms with Gasteiger partial charge in [-0.05, 0) is 75.0 Å². The van der Waals surface area contributed by atoms with Crippen molar-refractivity contribution in [2.24, 2.45) is 0 Å². The zero-order valence-electron chi connectivity index (χ0n) is 18.9. The third kappa shape index (κ3) is 5.04. The van der Waals surface area contributed by atoms with Gasteiger partial charge in [0.05, 0.1) is 18.2 Å². The van der Waals surface area contributed by atoms with Crippen molar-refractivity contribution in [2.45, 2.75) is 45.1 Å². The molecule has 0 spiro atoms. The van der Waals surface area contributed by atoms with E-state index in [1.165, 1.54) is 42.5 Å². The lowest BCUT2D eigenvalue weighted by atomic mass is 9.95. The van der Waals surface area contributed by atoms with E-state index in [2.05, 4.69) is 40.4 Å². The lowest BCUT2D eigenvalue weighted by molar-refractivity contribution is 0.0920. The largest absolute Gasteiger partial charge is 0.493 e. The van der Waals surface area contributed by atoms with Crippen molar-refractivity contribution < 1.29 is 9.53 Å². The van der Waals surface area contributed by atoms with Crippen LogP contribution in [0.2, 0.25) is 0 Å². The molecule has 5 heteroatoms. The Kier molecular flexibility index (Phi) is 7.13. The van der Waals surface area contributed by atoms with Gasteiger partial charge in [0.25, 0.3) is 5.91 Å². The summed E-state index contributed by atoms with van der Waals surface area (Å²) in [6.07, 6.45) is 6.09. The minimum absolute atomic E-state index is 0.0660. The summed E-state index contributed by atoms with van der Waals surface area (Å²) >= 11 is 0. The maximum Gasteiger partial charge on any atom is 0.255 e. The SMILES string of the molecule is CCOc1ccccc1C(=O)NC[C@H](c1ccc2c(c1)CCCN2C)N1CCCCC1. The van der Waals surface area contributed by atoms with Crippen LogP contribution in [0.25, 0.3) is 0 Å². The summed E-state index contributed by atoms with van der Waals surface area (Å²) in [5.74, 6) is 0.581. The van der Waals surface area contributed by atoms with Gasteiger partial charge in [0.1, 0.15) is 5.75 Å². The van der Waals surface area contributed by atoms with Crippen molar-refractivity contribution in [3.05, 3.63) is 59.2 Å². The summed E-state index contributed by atoms with van der Waals surface area (Å²) in [6.45, 7) is 6.39. The monoisotopic (exact) mass is 421 g/mol. The number of benzene rings is 2. The molecule has 31 heavy (non-hydrogen) atoms. The zero-order valence-corrected chi connectivity index (χ0v) is 18.9. The van der Waals surface area contributed by atoms with E-state index in [0.29, 0.717) is 24.5 Å². The van der Waals surface area contributed by atoms with E-state index in [9.17, 15) is 4.79 Å². The summed E-state index contributed by atoms with van der Waals surface area (Å²) < 4.78 is 5.66. The van der Waals surface area contributed by atoms with Crippen LogP contribution in [0, 0.1) is 0 Å². The second-order valence-electron chi connectivity index (χ2n) is 8.66. The minimum Gasteiger partial charge on any atom is -0.493 e. The van der Waals surface area contributed by atoms with Crippen molar-refractivity contribution in [1.82, 2.24) is 10.2 Å². The topological polar surface area (TPSA) is 44.8 Å². The molecule has 0 bridgehead atoms. The van der Waals surface area contributed by atoms with Gasteiger partial charge in [-0.15, -0.1) is 0 Å². The average molecular weight is 422 g/mol. The van der Waals surface area contributed by atoms with Crippen molar-refractivity contribution in [3.8, 4) is 5.75 Å². The summed E-state index contributed by atoms with van der Waals surface area (Å²) in [6, 6.07) is 14.6. The molecular formula is C26H35N3O2. The highest BCUT2D eigenvalue weighted by atomic mass is 16.5. The number of carbonyl (C=O) groups excluding carboxylic acids is 1. The number of likely N-dealkylation sites (tertiary alicyclic amines) is 1. The van der Waals surface area contributed by atoms with E-state index in [0.717, 1.165) is 26.1 Å². The number of carbonyl (C=O) groups is 1. The number of rotatable bonds is 7. The lowest BCUT2D eigenvalue weighted by Gasteiger charge is -2.36. The van der Waals surface area contributed by atoms with Gasteiger partial charge in [-0.3, -0.25) is 9.69 Å². The van der Waals surface area contributed by atoms with Gasteiger partial charge in [0, 0.05) is 25.8 Å². The Hall–Kier alpha value is -2.53. The van der Waals surface area contributed by atoms with Crippen LogP contribution in [0.4, 0.5) is 5.69 Å². The highest BCUT2D eigenvalue weighted by Gasteiger charge is 2.25. The fourth-order valence-electron chi connectivity index (χ4n) is 4.92. The smallest absolute Gasteiger partial charge is 0.255 e. The van der Waals surface area contributed by atoms with Crippen LogP contribution in [0.15, 0.2) is 42.5 Å². The second kappa shape index (κ2) is 10.2. The Bertz CT molecular complexity index is 892. The van der Waals surface area contributed by atoms with Crippen LogP contribution in [0.5, 0.6) is 5.75 Å². The van der Waals surface area contributed by atoms with Gasteiger partial charge in [0.2, 0.25) is 0 Å². The molecule has 1 saturated heterocycles. The van der Waals surface area contributed by atoms with E-state index in [1.54, 1.807) is 0 Å². The number of piperidine rings is 1. The molecule has 166 valence electrons. The maximum atomic E-state index is 13.0. The van der Waals surface area contributed by atoms with Gasteiger partial charge in [0.15, 0.2) is 0 Å². The minimum atomic E-state index is -0.0660. The summed E-state index contributed by atoms with van der Waals surface area (Å²) in [4.78, 5) is 17.9. The number of ether oxygens (including phenoxy) is 1. The van der Waals surface area contributed by atoms with Gasteiger partial charge in [-0.2, -0.15) is 0 Å². The molecular weight excluding hydrogens is 386 g/mol. The molecule has 0 saturated carbocycles. The standard InChI is InChI=1S/C26H35N3O2/c1-3-31-25-12-6-5-11-22(25)26(30)27-19-24(29-16-7-4-8-17-29)21-13-14-23-20(18-21)10-9-15-28(23)2/h5-6,11-14,18,24H,3-4,7-10,15-17,19H2,1-2H3,(H,27,30)/t24-/m1/s1. The highest BCUT2D eigenvalue weighted by molar-refractivity contribution is 5.96. The molecule has 2 aromatic carbocycles. The average Bonchev–Trinajstić information content (AvgIpc) is 2.80. The number of fused-ring (bicyclic) bond motifs is 1. The zero-order chi connectivity index (χ0) is 21.6. The van der Waals surface area contributed by atoms with E-state index < -0.39 is 0 Å². The highest BCUT2D eigenvalue weighted by Crippen LogP contribution is 2.32. The molecule has 2 aliphatic heterocycles.